The van der Waals surface area contributed by atoms with E-state index in [-0.39, 0.29) is 17.9 Å². The van der Waals surface area contributed by atoms with Gasteiger partial charge in [0.1, 0.15) is 11.5 Å². The van der Waals surface area contributed by atoms with Crippen molar-refractivity contribution in [1.82, 2.24) is 30.0 Å². The molecule has 7 nitrogen and oxygen atoms in total. The van der Waals surface area contributed by atoms with E-state index in [1.54, 1.807) is 35.9 Å². The molecular formula is C22H20N6OS. The Morgan fingerprint density at radius 3 is 2.63 bits per heavy atom. The van der Waals surface area contributed by atoms with Gasteiger partial charge in [0.15, 0.2) is 10.8 Å². The van der Waals surface area contributed by atoms with Crippen molar-refractivity contribution in [2.75, 3.05) is 0 Å². The van der Waals surface area contributed by atoms with Crippen molar-refractivity contribution in [3.63, 3.8) is 0 Å². The van der Waals surface area contributed by atoms with Crippen LogP contribution in [0, 0.1) is 6.92 Å². The second-order valence-corrected chi connectivity index (χ2v) is 8.29. The Hall–Kier alpha value is -3.39. The molecule has 0 aliphatic heterocycles. The van der Waals surface area contributed by atoms with Crippen LogP contribution in [0.15, 0.2) is 60.2 Å². The van der Waals surface area contributed by atoms with Gasteiger partial charge in [-0.1, -0.05) is 24.3 Å². The van der Waals surface area contributed by atoms with E-state index in [0.717, 1.165) is 40.7 Å². The van der Waals surface area contributed by atoms with Crippen LogP contribution in [0.2, 0.25) is 0 Å². The van der Waals surface area contributed by atoms with Crippen molar-refractivity contribution < 1.29 is 4.79 Å². The lowest BCUT2D eigenvalue weighted by Gasteiger charge is -2.35. The molecule has 0 unspecified atom stereocenters. The zero-order valence-electron chi connectivity index (χ0n) is 16.4. The third-order valence-electron chi connectivity index (χ3n) is 5.40. The summed E-state index contributed by atoms with van der Waals surface area (Å²) < 4.78 is 2.12. The van der Waals surface area contributed by atoms with Gasteiger partial charge in [-0.05, 0) is 43.5 Å². The van der Waals surface area contributed by atoms with Crippen LogP contribution in [0.5, 0.6) is 0 Å². The molecule has 8 heteroatoms. The summed E-state index contributed by atoms with van der Waals surface area (Å²) in [5.41, 5.74) is 2.65. The summed E-state index contributed by atoms with van der Waals surface area (Å²) in [4.78, 5) is 20.9. The molecule has 0 saturated heterocycles. The van der Waals surface area contributed by atoms with Crippen LogP contribution < -0.4 is 5.32 Å². The number of amides is 1. The fraction of sp³-hybridized carbons (Fsp3) is 0.227. The molecule has 1 aromatic carbocycles. The smallest absolute Gasteiger partial charge is 0.270 e. The topological polar surface area (TPSA) is 85.6 Å². The van der Waals surface area contributed by atoms with Crippen LogP contribution in [0.25, 0.3) is 16.5 Å². The number of para-hydroxylation sites is 1. The fourth-order valence-corrected chi connectivity index (χ4v) is 4.40. The summed E-state index contributed by atoms with van der Waals surface area (Å²) in [6.07, 6.45) is 5.05. The van der Waals surface area contributed by atoms with Gasteiger partial charge in [-0.15, -0.1) is 21.5 Å². The number of benzene rings is 1. The lowest BCUT2D eigenvalue weighted by atomic mass is 9.79. The highest BCUT2D eigenvalue weighted by Crippen LogP contribution is 2.39. The first-order valence-corrected chi connectivity index (χ1v) is 10.7. The molecular weight excluding hydrogens is 396 g/mol. The summed E-state index contributed by atoms with van der Waals surface area (Å²) in [7, 11) is 0. The Balaban J connectivity index is 1.40. The maximum absolute atomic E-state index is 12.4. The number of pyridine rings is 1. The number of aryl methyl sites for hydroxylation is 1. The van der Waals surface area contributed by atoms with Gasteiger partial charge < -0.3 is 5.32 Å². The van der Waals surface area contributed by atoms with Crippen LogP contribution >= 0.6 is 11.3 Å². The highest BCUT2D eigenvalue weighted by molar-refractivity contribution is 7.13. The average Bonchev–Trinajstić information content (AvgIpc) is 3.41. The van der Waals surface area contributed by atoms with Crippen molar-refractivity contribution in [2.45, 2.75) is 31.7 Å². The second-order valence-electron chi connectivity index (χ2n) is 7.39. The predicted octanol–water partition coefficient (Wildman–Crippen LogP) is 3.77. The first-order chi connectivity index (χ1) is 14.7. The SMILES string of the molecule is Cc1ccccc1-n1c(-c2nccs2)nnc1C1CC(NC(=O)c2ccccn2)C1. The Morgan fingerprint density at radius 1 is 1.07 bits per heavy atom. The maximum atomic E-state index is 12.4. The van der Waals surface area contributed by atoms with Gasteiger partial charge in [0.05, 0.1) is 5.69 Å². The Labute approximate surface area is 177 Å². The molecule has 0 spiro atoms. The standard InChI is InChI=1S/C22H20N6OS/c1-14-6-2-3-8-18(14)28-19(26-27-20(28)22-24-10-11-30-22)15-12-16(13-15)25-21(29)17-7-4-5-9-23-17/h2-11,15-16H,12-13H2,1H3,(H,25,29). The van der Waals surface area contributed by atoms with Crippen LogP contribution in [0.4, 0.5) is 0 Å². The first-order valence-electron chi connectivity index (χ1n) is 9.84. The summed E-state index contributed by atoms with van der Waals surface area (Å²) in [6, 6.07) is 13.7. The minimum atomic E-state index is -0.136. The van der Waals surface area contributed by atoms with Crippen molar-refractivity contribution in [1.29, 1.82) is 0 Å². The monoisotopic (exact) mass is 416 g/mol. The summed E-state index contributed by atoms with van der Waals surface area (Å²) in [6.45, 7) is 2.08. The summed E-state index contributed by atoms with van der Waals surface area (Å²) in [5.74, 6) is 1.76. The number of nitrogens with one attached hydrogen (secondary N) is 1. The molecule has 0 atom stereocenters. The van der Waals surface area contributed by atoms with E-state index in [1.165, 1.54) is 0 Å². The Morgan fingerprint density at radius 2 is 1.90 bits per heavy atom. The zero-order chi connectivity index (χ0) is 20.5. The van der Waals surface area contributed by atoms with Crippen molar-refractivity contribution in [3.8, 4) is 16.5 Å². The molecule has 1 saturated carbocycles. The van der Waals surface area contributed by atoms with E-state index in [2.05, 4.69) is 49.1 Å². The van der Waals surface area contributed by atoms with Gasteiger partial charge in [-0.25, -0.2) is 4.98 Å². The molecule has 1 N–H and O–H groups in total. The number of carbonyl (C=O) groups is 1. The molecule has 0 bridgehead atoms. The highest BCUT2D eigenvalue weighted by Gasteiger charge is 2.36. The normalized spacial score (nSPS) is 18.0. The van der Waals surface area contributed by atoms with E-state index in [9.17, 15) is 4.79 Å². The molecule has 1 aliphatic rings. The third-order valence-corrected chi connectivity index (χ3v) is 6.17. The van der Waals surface area contributed by atoms with E-state index in [0.29, 0.717) is 5.69 Å². The fourth-order valence-electron chi connectivity index (χ4n) is 3.79. The molecule has 30 heavy (non-hydrogen) atoms. The van der Waals surface area contributed by atoms with Crippen molar-refractivity contribution >= 4 is 17.2 Å². The van der Waals surface area contributed by atoms with Crippen LogP contribution in [-0.2, 0) is 0 Å². The molecule has 1 amide bonds. The van der Waals surface area contributed by atoms with Gasteiger partial charge in [0, 0.05) is 29.7 Å². The minimum absolute atomic E-state index is 0.106. The lowest BCUT2D eigenvalue weighted by molar-refractivity contribution is 0.0902. The molecule has 5 rings (SSSR count). The molecule has 3 heterocycles. The van der Waals surface area contributed by atoms with Gasteiger partial charge in [-0.3, -0.25) is 14.3 Å². The van der Waals surface area contributed by atoms with E-state index < -0.39 is 0 Å². The predicted molar refractivity (Wildman–Crippen MR) is 115 cm³/mol. The van der Waals surface area contributed by atoms with Crippen LogP contribution in [-0.4, -0.2) is 36.7 Å². The molecule has 1 fully saturated rings. The molecule has 3 aromatic heterocycles. The van der Waals surface area contributed by atoms with Gasteiger partial charge in [0.25, 0.3) is 5.91 Å². The number of carbonyl (C=O) groups excluding carboxylic acids is 1. The lowest BCUT2D eigenvalue weighted by Crippen LogP contribution is -2.44. The molecule has 4 aromatic rings. The number of hydrogen-bond acceptors (Lipinski definition) is 6. The van der Waals surface area contributed by atoms with Crippen LogP contribution in [0.1, 0.15) is 40.6 Å². The summed E-state index contributed by atoms with van der Waals surface area (Å²) in [5, 5.41) is 14.9. The Kier molecular flexibility index (Phi) is 4.84. The van der Waals surface area contributed by atoms with E-state index in [1.807, 2.05) is 23.6 Å². The number of rotatable bonds is 5. The van der Waals surface area contributed by atoms with Gasteiger partial charge >= 0.3 is 0 Å². The number of hydrogen-bond donors (Lipinski definition) is 1. The Bertz CT molecular complexity index is 1170. The van der Waals surface area contributed by atoms with Crippen molar-refractivity contribution in [2.24, 2.45) is 0 Å². The van der Waals surface area contributed by atoms with Crippen molar-refractivity contribution in [3.05, 3.63) is 77.3 Å². The van der Waals surface area contributed by atoms with Gasteiger partial charge in [0.2, 0.25) is 0 Å². The number of nitrogens with zero attached hydrogens (tertiary/aromatic N) is 5. The zero-order valence-corrected chi connectivity index (χ0v) is 17.2. The third kappa shape index (κ3) is 3.39. The quantitative estimate of drug-likeness (QED) is 0.535. The van der Waals surface area contributed by atoms with Crippen LogP contribution in [0.3, 0.4) is 0 Å². The molecule has 150 valence electrons. The minimum Gasteiger partial charge on any atom is -0.348 e. The maximum Gasteiger partial charge on any atom is 0.270 e. The second kappa shape index (κ2) is 7.79. The first kappa shape index (κ1) is 18.6. The largest absolute Gasteiger partial charge is 0.348 e. The van der Waals surface area contributed by atoms with E-state index in [4.69, 9.17) is 0 Å². The summed E-state index contributed by atoms with van der Waals surface area (Å²) >= 11 is 1.55. The number of aromatic nitrogens is 5. The highest BCUT2D eigenvalue weighted by atomic mass is 32.1. The number of thiazole rings is 1. The molecule has 0 radical (unpaired) electrons. The average molecular weight is 417 g/mol. The van der Waals surface area contributed by atoms with E-state index >= 15 is 0 Å². The van der Waals surface area contributed by atoms with Gasteiger partial charge in [-0.2, -0.15) is 0 Å². The molecule has 1 aliphatic carbocycles.